The van der Waals surface area contributed by atoms with Crippen molar-refractivity contribution in [1.82, 2.24) is 19.8 Å². The van der Waals surface area contributed by atoms with Crippen molar-refractivity contribution in [3.63, 3.8) is 0 Å². The highest BCUT2D eigenvalue weighted by molar-refractivity contribution is 5.87. The normalized spacial score (nSPS) is 25.1. The van der Waals surface area contributed by atoms with Crippen molar-refractivity contribution in [2.45, 2.75) is 62.8 Å². The Kier molecular flexibility index (Phi) is 8.74. The van der Waals surface area contributed by atoms with Crippen LogP contribution in [0.4, 0.5) is 21.8 Å². The molecule has 0 N–H and O–H groups in total. The number of amides is 1. The molecular weight excluding hydrogens is 559 g/mol. The summed E-state index contributed by atoms with van der Waals surface area (Å²) in [4.78, 5) is 33.7. The number of piperazine rings is 1. The van der Waals surface area contributed by atoms with Gasteiger partial charge in [-0.2, -0.15) is 10.2 Å². The lowest BCUT2D eigenvalue weighted by Gasteiger charge is -2.43. The number of nitriles is 1. The predicted molar refractivity (Wildman–Crippen MR) is 169 cm³/mol. The molecule has 234 valence electrons. The molecular formula is C33H43FN8O2. The van der Waals surface area contributed by atoms with Crippen LogP contribution in [-0.4, -0.2) is 110 Å². The summed E-state index contributed by atoms with van der Waals surface area (Å²) in [5.41, 5.74) is 3.97. The second-order valence-corrected chi connectivity index (χ2v) is 12.6. The quantitative estimate of drug-likeness (QED) is 0.444. The SMILES string of the molecule is C=CC(=O)N1CCN(c2nc(N3C[C@@H](N(C)C)[C@H](OC)C3)nc3c2CC[C@@H](N2CCCc4cccc(F)c42)C3)C[C@@H]1CC#N. The van der Waals surface area contributed by atoms with Gasteiger partial charge in [0.2, 0.25) is 11.9 Å². The predicted octanol–water partition coefficient (Wildman–Crippen LogP) is 2.81. The van der Waals surface area contributed by atoms with Gasteiger partial charge in [-0.3, -0.25) is 4.79 Å². The number of hydrogen-bond acceptors (Lipinski definition) is 9. The van der Waals surface area contributed by atoms with Crippen molar-refractivity contribution in [3.8, 4) is 6.07 Å². The van der Waals surface area contributed by atoms with Gasteiger partial charge < -0.3 is 29.2 Å². The number of carbonyl (C=O) groups is 1. The maximum atomic E-state index is 15.2. The van der Waals surface area contributed by atoms with Crippen LogP contribution in [0.1, 0.15) is 36.1 Å². The van der Waals surface area contributed by atoms with Gasteiger partial charge in [0.25, 0.3) is 0 Å². The van der Waals surface area contributed by atoms with E-state index in [-0.39, 0.29) is 42.4 Å². The molecule has 2 aromatic rings. The van der Waals surface area contributed by atoms with Crippen LogP contribution in [0.15, 0.2) is 30.9 Å². The van der Waals surface area contributed by atoms with Gasteiger partial charge in [0.05, 0.1) is 42.1 Å². The molecule has 6 rings (SSSR count). The summed E-state index contributed by atoms with van der Waals surface area (Å²) in [5.74, 6) is 1.27. The number of anilines is 3. The first-order valence-corrected chi connectivity index (χ1v) is 15.8. The molecule has 0 unspecified atom stereocenters. The van der Waals surface area contributed by atoms with E-state index < -0.39 is 0 Å². The van der Waals surface area contributed by atoms with E-state index >= 15 is 4.39 Å². The van der Waals surface area contributed by atoms with Crippen LogP contribution in [0, 0.1) is 17.1 Å². The van der Waals surface area contributed by atoms with Crippen molar-refractivity contribution < 1.29 is 13.9 Å². The molecule has 44 heavy (non-hydrogen) atoms. The fourth-order valence-electron chi connectivity index (χ4n) is 7.62. The molecule has 1 aromatic carbocycles. The zero-order valence-corrected chi connectivity index (χ0v) is 26.1. The Labute approximate surface area is 259 Å². The summed E-state index contributed by atoms with van der Waals surface area (Å²) in [7, 11) is 5.89. The summed E-state index contributed by atoms with van der Waals surface area (Å²) in [6.45, 7) is 7.55. The minimum Gasteiger partial charge on any atom is -0.378 e. The highest BCUT2D eigenvalue weighted by Gasteiger charge is 2.39. The molecule has 4 aliphatic rings. The van der Waals surface area contributed by atoms with Crippen molar-refractivity contribution in [2.75, 3.05) is 75.2 Å². The Balaban J connectivity index is 1.36. The molecule has 0 spiro atoms. The number of benzene rings is 1. The van der Waals surface area contributed by atoms with Crippen LogP contribution in [-0.2, 0) is 28.8 Å². The van der Waals surface area contributed by atoms with Gasteiger partial charge in [0.1, 0.15) is 11.6 Å². The number of ether oxygens (including phenoxy) is 1. The van der Waals surface area contributed by atoms with E-state index in [0.717, 1.165) is 67.1 Å². The van der Waals surface area contributed by atoms with E-state index in [1.807, 2.05) is 6.07 Å². The summed E-state index contributed by atoms with van der Waals surface area (Å²) < 4.78 is 21.0. The highest BCUT2D eigenvalue weighted by atomic mass is 19.1. The lowest BCUT2D eigenvalue weighted by Crippen LogP contribution is -2.55. The standard InChI is InChI=1S/C33H43FN8O2/c1-5-30(43)41-17-16-39(19-24(41)13-14-35)32-25-12-11-23(42-15-7-9-22-8-6-10-26(34)31(22)42)18-27(25)36-33(37-32)40-20-28(38(2)3)29(21-40)44-4/h5-6,8,10,23-24,28-29H,1,7,9,11-13,15-21H2,2-4H3/t23-,24+,28-,29-/m1/s1. The number of carbonyl (C=O) groups excluding carboxylic acids is 1. The fraction of sp³-hybridized carbons (Fsp3) is 0.576. The average Bonchev–Trinajstić information content (AvgIpc) is 3.49. The van der Waals surface area contributed by atoms with Crippen LogP contribution in [0.5, 0.6) is 0 Å². The number of nitrogens with zero attached hydrogens (tertiary/aromatic N) is 8. The molecule has 0 radical (unpaired) electrons. The zero-order chi connectivity index (χ0) is 31.0. The van der Waals surface area contributed by atoms with Gasteiger partial charge in [-0.25, -0.2) is 9.37 Å². The Morgan fingerprint density at radius 3 is 2.75 bits per heavy atom. The van der Waals surface area contributed by atoms with Crippen molar-refractivity contribution in [3.05, 3.63) is 53.5 Å². The van der Waals surface area contributed by atoms with Crippen molar-refractivity contribution in [2.24, 2.45) is 0 Å². The molecule has 4 atom stereocenters. The summed E-state index contributed by atoms with van der Waals surface area (Å²) in [5, 5.41) is 9.58. The molecule has 1 aromatic heterocycles. The maximum Gasteiger partial charge on any atom is 0.246 e. The molecule has 0 saturated carbocycles. The lowest BCUT2D eigenvalue weighted by molar-refractivity contribution is -0.128. The van der Waals surface area contributed by atoms with Crippen LogP contribution < -0.4 is 14.7 Å². The Bertz CT molecular complexity index is 1440. The molecule has 1 amide bonds. The average molecular weight is 603 g/mol. The van der Waals surface area contributed by atoms with Gasteiger partial charge in [-0.15, -0.1) is 0 Å². The van der Waals surface area contributed by atoms with Crippen LogP contribution in [0.3, 0.4) is 0 Å². The molecule has 11 heteroatoms. The minimum absolute atomic E-state index is 0.0297. The first-order chi connectivity index (χ1) is 21.3. The molecule has 10 nitrogen and oxygen atoms in total. The van der Waals surface area contributed by atoms with Gasteiger partial charge in [0.15, 0.2) is 0 Å². The second-order valence-electron chi connectivity index (χ2n) is 12.6. The van der Waals surface area contributed by atoms with Gasteiger partial charge in [0, 0.05) is 64.4 Å². The third kappa shape index (κ3) is 5.61. The molecule has 2 saturated heterocycles. The Hall–Kier alpha value is -3.75. The number of aryl methyl sites for hydroxylation is 1. The number of rotatable bonds is 7. The number of likely N-dealkylation sites (N-methyl/N-ethyl adjacent to an activating group) is 1. The van der Waals surface area contributed by atoms with E-state index in [9.17, 15) is 10.1 Å². The monoisotopic (exact) mass is 602 g/mol. The van der Waals surface area contributed by atoms with E-state index in [2.05, 4.69) is 52.4 Å². The number of hydrogen-bond donors (Lipinski definition) is 0. The zero-order valence-electron chi connectivity index (χ0n) is 26.1. The van der Waals surface area contributed by atoms with Gasteiger partial charge in [-0.05, 0) is 57.5 Å². The Morgan fingerprint density at radius 2 is 2.02 bits per heavy atom. The number of fused-ring (bicyclic) bond motifs is 2. The first-order valence-electron chi connectivity index (χ1n) is 15.8. The van der Waals surface area contributed by atoms with Crippen LogP contribution in [0.2, 0.25) is 0 Å². The maximum absolute atomic E-state index is 15.2. The number of aromatic nitrogens is 2. The molecule has 2 fully saturated rings. The largest absolute Gasteiger partial charge is 0.378 e. The smallest absolute Gasteiger partial charge is 0.246 e. The van der Waals surface area contributed by atoms with Crippen LogP contribution in [0.25, 0.3) is 0 Å². The minimum atomic E-state index is -0.250. The number of para-hydroxylation sites is 1. The lowest BCUT2D eigenvalue weighted by atomic mass is 9.88. The summed E-state index contributed by atoms with van der Waals surface area (Å²) in [6, 6.07) is 7.80. The third-order valence-electron chi connectivity index (χ3n) is 9.91. The highest BCUT2D eigenvalue weighted by Crippen LogP contribution is 2.38. The number of methoxy groups -OCH3 is 1. The van der Waals surface area contributed by atoms with E-state index in [1.165, 1.54) is 6.08 Å². The first kappa shape index (κ1) is 30.3. The fourth-order valence-corrected chi connectivity index (χ4v) is 7.62. The van der Waals surface area contributed by atoms with E-state index in [1.54, 1.807) is 18.1 Å². The van der Waals surface area contributed by atoms with Crippen molar-refractivity contribution >= 4 is 23.4 Å². The van der Waals surface area contributed by atoms with Gasteiger partial charge in [-0.1, -0.05) is 18.7 Å². The van der Waals surface area contributed by atoms with Gasteiger partial charge >= 0.3 is 0 Å². The van der Waals surface area contributed by atoms with E-state index in [4.69, 9.17) is 14.7 Å². The molecule has 3 aliphatic heterocycles. The molecule has 4 heterocycles. The van der Waals surface area contributed by atoms with Crippen molar-refractivity contribution in [1.29, 1.82) is 5.26 Å². The Morgan fingerprint density at radius 1 is 1.18 bits per heavy atom. The topological polar surface area (TPSA) is 92.1 Å². The van der Waals surface area contributed by atoms with Crippen LogP contribution >= 0.6 is 0 Å². The molecule has 1 aliphatic carbocycles. The summed E-state index contributed by atoms with van der Waals surface area (Å²) >= 11 is 0. The third-order valence-corrected chi connectivity index (χ3v) is 9.91. The second kappa shape index (κ2) is 12.7. The number of halogens is 1. The van der Waals surface area contributed by atoms with E-state index in [0.29, 0.717) is 38.5 Å². The summed E-state index contributed by atoms with van der Waals surface area (Å²) in [6.07, 6.45) is 5.87. The molecule has 0 bridgehead atoms.